The fourth-order valence-corrected chi connectivity index (χ4v) is 3.70. The smallest absolute Gasteiger partial charge is 0.0719 e. The zero-order valence-electron chi connectivity index (χ0n) is 12.3. The van der Waals surface area contributed by atoms with Crippen LogP contribution in [0.3, 0.4) is 0 Å². The molecule has 2 N–H and O–H groups in total. The number of hydrogen-bond acceptors (Lipinski definition) is 3. The highest BCUT2D eigenvalue weighted by atomic mass is 35.5. The monoisotopic (exact) mass is 370 g/mol. The van der Waals surface area contributed by atoms with Crippen molar-refractivity contribution in [3.63, 3.8) is 0 Å². The largest absolute Gasteiger partial charge is 0.395 e. The van der Waals surface area contributed by atoms with E-state index in [-0.39, 0.29) is 18.7 Å². The third kappa shape index (κ3) is 3.59. The summed E-state index contributed by atoms with van der Waals surface area (Å²) in [5, 5.41) is 15.1. The molecule has 2 unspecified atom stereocenters. The lowest BCUT2D eigenvalue weighted by Crippen LogP contribution is -2.54. The molecule has 2 aromatic carbocycles. The van der Waals surface area contributed by atoms with Gasteiger partial charge >= 0.3 is 0 Å². The van der Waals surface area contributed by atoms with E-state index >= 15 is 0 Å². The molecular formula is C17H17Cl3N2O. The van der Waals surface area contributed by atoms with Crippen LogP contribution in [0.5, 0.6) is 0 Å². The minimum atomic E-state index is -0.0864. The summed E-state index contributed by atoms with van der Waals surface area (Å²) < 4.78 is 0. The number of halogens is 3. The molecule has 1 heterocycles. The van der Waals surface area contributed by atoms with Crippen molar-refractivity contribution < 1.29 is 5.11 Å². The molecule has 1 saturated heterocycles. The number of aliphatic hydroxyl groups excluding tert-OH is 1. The lowest BCUT2D eigenvalue weighted by atomic mass is 9.95. The molecule has 3 rings (SSSR count). The minimum Gasteiger partial charge on any atom is -0.395 e. The minimum absolute atomic E-state index is 0.0367. The Bertz CT molecular complexity index is 678. The van der Waals surface area contributed by atoms with Gasteiger partial charge in [-0.1, -0.05) is 46.9 Å². The second-order valence-electron chi connectivity index (χ2n) is 5.53. The standard InChI is InChI=1S/C17H17Cl3N2O/c18-12-3-1-11(2-4-12)17-15(10-23)21-7-8-22(17)16-6-5-13(19)9-14(16)20/h1-6,9,15,17,21,23H,7-8,10H2. The molecule has 0 aromatic heterocycles. The van der Waals surface area contributed by atoms with E-state index in [9.17, 15) is 5.11 Å². The van der Waals surface area contributed by atoms with Gasteiger partial charge in [0.05, 0.1) is 29.4 Å². The van der Waals surface area contributed by atoms with Gasteiger partial charge in [-0.05, 0) is 35.9 Å². The first kappa shape index (κ1) is 16.9. The molecule has 0 spiro atoms. The van der Waals surface area contributed by atoms with E-state index in [1.807, 2.05) is 36.4 Å². The predicted octanol–water partition coefficient (Wildman–Crippen LogP) is 4.16. The molecule has 6 heteroatoms. The number of aliphatic hydroxyl groups is 1. The normalized spacial score (nSPS) is 21.5. The molecule has 0 aliphatic carbocycles. The first-order chi connectivity index (χ1) is 11.1. The van der Waals surface area contributed by atoms with Crippen molar-refractivity contribution in [1.82, 2.24) is 5.32 Å². The Morgan fingerprint density at radius 1 is 1.04 bits per heavy atom. The third-order valence-electron chi connectivity index (χ3n) is 4.10. The van der Waals surface area contributed by atoms with Crippen molar-refractivity contribution in [3.8, 4) is 0 Å². The number of rotatable bonds is 3. The van der Waals surface area contributed by atoms with Gasteiger partial charge in [0, 0.05) is 23.1 Å². The van der Waals surface area contributed by atoms with E-state index in [0.29, 0.717) is 15.1 Å². The molecule has 1 aliphatic rings. The van der Waals surface area contributed by atoms with Gasteiger partial charge in [-0.25, -0.2) is 0 Å². The number of benzene rings is 2. The Balaban J connectivity index is 2.03. The van der Waals surface area contributed by atoms with Gasteiger partial charge in [0.2, 0.25) is 0 Å². The zero-order valence-corrected chi connectivity index (χ0v) is 14.6. The van der Waals surface area contributed by atoms with Crippen LogP contribution >= 0.6 is 34.8 Å². The SMILES string of the molecule is OCC1NCCN(c2ccc(Cl)cc2Cl)C1c1ccc(Cl)cc1. The van der Waals surface area contributed by atoms with E-state index < -0.39 is 0 Å². The first-order valence-corrected chi connectivity index (χ1v) is 8.55. The Labute approximate surface area is 150 Å². The molecule has 0 bridgehead atoms. The van der Waals surface area contributed by atoms with Gasteiger partial charge in [0.25, 0.3) is 0 Å². The van der Waals surface area contributed by atoms with Crippen molar-refractivity contribution in [1.29, 1.82) is 0 Å². The van der Waals surface area contributed by atoms with Crippen molar-refractivity contribution in [3.05, 3.63) is 63.1 Å². The molecule has 0 saturated carbocycles. The number of nitrogens with one attached hydrogen (secondary N) is 1. The van der Waals surface area contributed by atoms with Crippen molar-refractivity contribution in [2.75, 3.05) is 24.6 Å². The summed E-state index contributed by atoms with van der Waals surface area (Å²) in [7, 11) is 0. The lowest BCUT2D eigenvalue weighted by Gasteiger charge is -2.43. The molecule has 1 aliphatic heterocycles. The molecule has 2 aromatic rings. The van der Waals surface area contributed by atoms with E-state index in [2.05, 4.69) is 10.2 Å². The van der Waals surface area contributed by atoms with Crippen LogP contribution in [0.2, 0.25) is 15.1 Å². The van der Waals surface area contributed by atoms with Crippen LogP contribution in [0.15, 0.2) is 42.5 Å². The summed E-state index contributed by atoms with van der Waals surface area (Å²) in [6.45, 7) is 1.59. The van der Waals surface area contributed by atoms with Crippen LogP contribution in [-0.4, -0.2) is 30.8 Å². The third-order valence-corrected chi connectivity index (χ3v) is 4.89. The first-order valence-electron chi connectivity index (χ1n) is 7.41. The summed E-state index contributed by atoms with van der Waals surface area (Å²) in [6, 6.07) is 13.1. The Morgan fingerprint density at radius 3 is 2.39 bits per heavy atom. The quantitative estimate of drug-likeness (QED) is 0.850. The van der Waals surface area contributed by atoms with Crippen molar-refractivity contribution in [2.24, 2.45) is 0 Å². The highest BCUT2D eigenvalue weighted by Gasteiger charge is 2.33. The van der Waals surface area contributed by atoms with Gasteiger partial charge in [-0.3, -0.25) is 0 Å². The van der Waals surface area contributed by atoms with Crippen molar-refractivity contribution in [2.45, 2.75) is 12.1 Å². The number of hydrogen-bond donors (Lipinski definition) is 2. The van der Waals surface area contributed by atoms with Gasteiger partial charge in [0.15, 0.2) is 0 Å². The second-order valence-corrected chi connectivity index (χ2v) is 6.81. The average molecular weight is 372 g/mol. The fraction of sp³-hybridized carbons (Fsp3) is 0.294. The summed E-state index contributed by atoms with van der Waals surface area (Å²) in [6.07, 6.45) is 0. The molecule has 2 atom stereocenters. The highest BCUT2D eigenvalue weighted by Crippen LogP contribution is 2.37. The summed E-state index contributed by atoms with van der Waals surface area (Å²) in [5.41, 5.74) is 1.99. The highest BCUT2D eigenvalue weighted by molar-refractivity contribution is 6.36. The van der Waals surface area contributed by atoms with Crippen LogP contribution in [0, 0.1) is 0 Å². The Hall–Kier alpha value is -0.970. The summed E-state index contributed by atoms with van der Waals surface area (Å²) in [4.78, 5) is 2.21. The summed E-state index contributed by atoms with van der Waals surface area (Å²) >= 11 is 18.4. The van der Waals surface area contributed by atoms with Gasteiger partial charge < -0.3 is 15.3 Å². The van der Waals surface area contributed by atoms with Crippen LogP contribution in [0.25, 0.3) is 0 Å². The van der Waals surface area contributed by atoms with Gasteiger partial charge in [0.1, 0.15) is 0 Å². The van der Waals surface area contributed by atoms with Crippen molar-refractivity contribution >= 4 is 40.5 Å². The maximum atomic E-state index is 9.79. The molecule has 3 nitrogen and oxygen atoms in total. The Kier molecular flexibility index (Phi) is 5.34. The summed E-state index contributed by atoms with van der Waals surface area (Å²) in [5.74, 6) is 0. The van der Waals surface area contributed by atoms with E-state index in [1.165, 1.54) is 0 Å². The zero-order chi connectivity index (χ0) is 16.4. The number of nitrogens with zero attached hydrogens (tertiary/aromatic N) is 1. The molecule has 0 radical (unpaired) electrons. The molecule has 1 fully saturated rings. The maximum absolute atomic E-state index is 9.79. The van der Waals surface area contributed by atoms with Crippen LogP contribution in [0.1, 0.15) is 11.6 Å². The Morgan fingerprint density at radius 2 is 1.74 bits per heavy atom. The van der Waals surface area contributed by atoms with E-state index in [1.54, 1.807) is 6.07 Å². The second kappa shape index (κ2) is 7.29. The van der Waals surface area contributed by atoms with Gasteiger partial charge in [-0.2, -0.15) is 0 Å². The fourth-order valence-electron chi connectivity index (χ4n) is 3.06. The maximum Gasteiger partial charge on any atom is 0.0719 e. The number of piperazine rings is 1. The van der Waals surface area contributed by atoms with E-state index in [4.69, 9.17) is 34.8 Å². The average Bonchev–Trinajstić information content (AvgIpc) is 2.55. The van der Waals surface area contributed by atoms with Gasteiger partial charge in [-0.15, -0.1) is 0 Å². The molecule has 0 amide bonds. The topological polar surface area (TPSA) is 35.5 Å². The lowest BCUT2D eigenvalue weighted by molar-refractivity contribution is 0.208. The molecular weight excluding hydrogens is 355 g/mol. The number of anilines is 1. The van der Waals surface area contributed by atoms with E-state index in [0.717, 1.165) is 24.3 Å². The van der Waals surface area contributed by atoms with Crippen LogP contribution < -0.4 is 10.2 Å². The van der Waals surface area contributed by atoms with Crippen LogP contribution in [0.4, 0.5) is 5.69 Å². The predicted molar refractivity (Wildman–Crippen MR) is 96.9 cm³/mol. The van der Waals surface area contributed by atoms with Crippen LogP contribution in [-0.2, 0) is 0 Å². The molecule has 122 valence electrons. The molecule has 23 heavy (non-hydrogen) atoms.